The summed E-state index contributed by atoms with van der Waals surface area (Å²) in [5.41, 5.74) is 1.16. The van der Waals surface area contributed by atoms with Gasteiger partial charge in [0.25, 0.3) is 0 Å². The molecule has 0 unspecified atom stereocenters. The Morgan fingerprint density at radius 2 is 2.07 bits per heavy atom. The molecular formula is C12H13O2Si. The van der Waals surface area contributed by atoms with E-state index in [1.165, 1.54) is 0 Å². The first-order valence-corrected chi connectivity index (χ1v) is 5.04. The van der Waals surface area contributed by atoms with Crippen LogP contribution in [-0.2, 0) is 14.6 Å². The molecule has 0 atom stereocenters. The molecule has 0 aliphatic rings. The zero-order chi connectivity index (χ0) is 11.5. The van der Waals surface area contributed by atoms with Crippen molar-refractivity contribution in [3.63, 3.8) is 0 Å². The first kappa shape index (κ1) is 11.7. The predicted molar refractivity (Wildman–Crippen MR) is 61.4 cm³/mol. The fourth-order valence-corrected chi connectivity index (χ4v) is 1.74. The molecule has 0 saturated carbocycles. The molecular weight excluding hydrogens is 204 g/mol. The molecule has 15 heavy (non-hydrogen) atoms. The second-order valence-electron chi connectivity index (χ2n) is 3.81. The first-order chi connectivity index (χ1) is 7.04. The van der Waals surface area contributed by atoms with E-state index in [1.807, 2.05) is 38.1 Å². The summed E-state index contributed by atoms with van der Waals surface area (Å²) in [6.45, 7) is 7.36. The number of carbonyl (C=O) groups is 1. The largest absolute Gasteiger partial charge is 0.515 e. The molecule has 1 rings (SSSR count). The Kier molecular flexibility index (Phi) is 3.47. The Bertz CT molecular complexity index is 383. The van der Waals surface area contributed by atoms with Gasteiger partial charge in [0.1, 0.15) is 0 Å². The van der Waals surface area contributed by atoms with E-state index in [0.29, 0.717) is 0 Å². The van der Waals surface area contributed by atoms with Crippen molar-refractivity contribution in [1.82, 2.24) is 0 Å². The maximum absolute atomic E-state index is 11.6. The number of hydrogen-bond acceptors (Lipinski definition) is 2. The van der Waals surface area contributed by atoms with Crippen LogP contribution in [0.5, 0.6) is 0 Å². The van der Waals surface area contributed by atoms with Crippen molar-refractivity contribution in [2.24, 2.45) is 0 Å². The zero-order valence-corrected chi connectivity index (χ0v) is 9.91. The minimum atomic E-state index is -0.688. The maximum atomic E-state index is 11.6. The number of hydrogen-bond donors (Lipinski definition) is 0. The summed E-state index contributed by atoms with van der Waals surface area (Å²) in [7, 11) is 2.77. The molecule has 0 N–H and O–H groups in total. The van der Waals surface area contributed by atoms with Crippen LogP contribution in [0, 0.1) is 0 Å². The van der Waals surface area contributed by atoms with E-state index >= 15 is 0 Å². The van der Waals surface area contributed by atoms with Gasteiger partial charge in [-0.1, -0.05) is 36.9 Å². The summed E-state index contributed by atoms with van der Waals surface area (Å²) in [5, 5.41) is 0. The molecule has 0 fully saturated rings. The van der Waals surface area contributed by atoms with Gasteiger partial charge < -0.3 is 4.43 Å². The number of carbonyl (C=O) groups excluding carboxylic acids is 1. The highest BCUT2D eigenvalue weighted by atomic mass is 28.2. The van der Waals surface area contributed by atoms with E-state index in [4.69, 9.17) is 0 Å². The van der Waals surface area contributed by atoms with Gasteiger partial charge in [0.05, 0.1) is 5.41 Å². The second-order valence-corrected chi connectivity index (χ2v) is 4.01. The van der Waals surface area contributed by atoms with Crippen LogP contribution in [0.15, 0.2) is 30.8 Å². The van der Waals surface area contributed by atoms with Gasteiger partial charge in [-0.2, -0.15) is 0 Å². The Morgan fingerprint density at radius 1 is 1.47 bits per heavy atom. The molecule has 77 valence electrons. The van der Waals surface area contributed by atoms with E-state index in [1.54, 1.807) is 6.08 Å². The van der Waals surface area contributed by atoms with E-state index in [2.05, 4.69) is 21.5 Å². The average Bonchev–Trinajstić information content (AvgIpc) is 2.27. The highest BCUT2D eigenvalue weighted by Gasteiger charge is 2.31. The van der Waals surface area contributed by atoms with Crippen molar-refractivity contribution in [2.45, 2.75) is 19.3 Å². The summed E-state index contributed by atoms with van der Waals surface area (Å²) >= 11 is 0. The molecule has 1 aromatic rings. The highest BCUT2D eigenvalue weighted by molar-refractivity contribution is 6.07. The van der Waals surface area contributed by atoms with Crippen LogP contribution in [0.2, 0.25) is 0 Å². The van der Waals surface area contributed by atoms with Gasteiger partial charge in [0.2, 0.25) is 0 Å². The standard InChI is InChI=1S/C12H13O2Si/c1-4-9-7-5-6-8-10(9)12(2,3)11(13)14-15/h4-8H,1H2,2-3H3. The Morgan fingerprint density at radius 3 is 2.60 bits per heavy atom. The zero-order valence-electron chi connectivity index (χ0n) is 8.91. The van der Waals surface area contributed by atoms with Crippen LogP contribution in [0.3, 0.4) is 0 Å². The van der Waals surface area contributed by atoms with E-state index in [0.717, 1.165) is 11.1 Å². The lowest BCUT2D eigenvalue weighted by Gasteiger charge is -2.24. The third kappa shape index (κ3) is 2.18. The molecule has 3 radical (unpaired) electrons. The van der Waals surface area contributed by atoms with E-state index in [9.17, 15) is 4.79 Å². The van der Waals surface area contributed by atoms with Gasteiger partial charge in [-0.15, -0.1) is 0 Å². The quantitative estimate of drug-likeness (QED) is 0.726. The van der Waals surface area contributed by atoms with Gasteiger partial charge in [0.15, 0.2) is 0 Å². The summed E-state index contributed by atoms with van der Waals surface area (Å²) in [4.78, 5) is 11.6. The minimum Gasteiger partial charge on any atom is -0.515 e. The van der Waals surface area contributed by atoms with Crippen LogP contribution < -0.4 is 0 Å². The van der Waals surface area contributed by atoms with Gasteiger partial charge in [-0.3, -0.25) is 4.79 Å². The van der Waals surface area contributed by atoms with Crippen molar-refractivity contribution in [3.05, 3.63) is 42.0 Å². The van der Waals surface area contributed by atoms with Crippen molar-refractivity contribution in [3.8, 4) is 0 Å². The molecule has 3 heteroatoms. The first-order valence-electron chi connectivity index (χ1n) is 4.64. The summed E-state index contributed by atoms with van der Waals surface area (Å²) in [6, 6.07) is 7.63. The van der Waals surface area contributed by atoms with E-state index < -0.39 is 5.41 Å². The lowest BCUT2D eigenvalue weighted by Crippen LogP contribution is -2.31. The highest BCUT2D eigenvalue weighted by Crippen LogP contribution is 2.28. The number of benzene rings is 1. The summed E-state index contributed by atoms with van der Waals surface area (Å²) in [5.74, 6) is -0.325. The smallest absolute Gasteiger partial charge is 0.345 e. The minimum absolute atomic E-state index is 0.325. The molecule has 1 aromatic carbocycles. The third-order valence-corrected chi connectivity index (χ3v) is 2.64. The molecule has 0 bridgehead atoms. The molecule has 0 heterocycles. The van der Waals surface area contributed by atoms with Crippen molar-refractivity contribution >= 4 is 22.5 Å². The topological polar surface area (TPSA) is 26.3 Å². The monoisotopic (exact) mass is 217 g/mol. The molecule has 2 nitrogen and oxygen atoms in total. The van der Waals surface area contributed by atoms with E-state index in [-0.39, 0.29) is 5.97 Å². The van der Waals surface area contributed by atoms with Crippen LogP contribution >= 0.6 is 0 Å². The van der Waals surface area contributed by atoms with Gasteiger partial charge in [-0.25, -0.2) is 0 Å². The predicted octanol–water partition coefficient (Wildman–Crippen LogP) is 2.23. The Balaban J connectivity index is 3.25. The molecule has 0 spiro atoms. The molecule has 0 aromatic heterocycles. The van der Waals surface area contributed by atoms with Crippen molar-refractivity contribution in [2.75, 3.05) is 0 Å². The van der Waals surface area contributed by atoms with Crippen LogP contribution in [-0.4, -0.2) is 16.5 Å². The SMILES string of the molecule is C=Cc1ccccc1C(C)(C)C(=O)O[Si]. The fraction of sp³-hybridized carbons (Fsp3) is 0.250. The maximum Gasteiger partial charge on any atom is 0.345 e. The molecule has 0 amide bonds. The van der Waals surface area contributed by atoms with Gasteiger partial charge in [-0.05, 0) is 25.0 Å². The fourth-order valence-electron chi connectivity index (χ4n) is 1.48. The van der Waals surface area contributed by atoms with Gasteiger partial charge in [0, 0.05) is 0 Å². The van der Waals surface area contributed by atoms with Crippen LogP contribution in [0.1, 0.15) is 25.0 Å². The average molecular weight is 217 g/mol. The van der Waals surface area contributed by atoms with Crippen LogP contribution in [0.25, 0.3) is 6.08 Å². The summed E-state index contributed by atoms with van der Waals surface area (Å²) < 4.78 is 4.60. The lowest BCUT2D eigenvalue weighted by atomic mass is 9.82. The van der Waals surface area contributed by atoms with Gasteiger partial charge >= 0.3 is 16.5 Å². The Hall–Kier alpha value is -1.35. The second kappa shape index (κ2) is 4.44. The Labute approximate surface area is 93.5 Å². The number of rotatable bonds is 3. The lowest BCUT2D eigenvalue weighted by molar-refractivity contribution is -0.139. The molecule has 0 aliphatic heterocycles. The third-order valence-electron chi connectivity index (χ3n) is 2.46. The summed E-state index contributed by atoms with van der Waals surface area (Å²) in [6.07, 6.45) is 1.73. The van der Waals surface area contributed by atoms with Crippen molar-refractivity contribution < 1.29 is 9.22 Å². The van der Waals surface area contributed by atoms with Crippen LogP contribution in [0.4, 0.5) is 0 Å². The van der Waals surface area contributed by atoms with Crippen molar-refractivity contribution in [1.29, 1.82) is 0 Å². The molecule has 0 saturated heterocycles. The molecule has 0 aliphatic carbocycles. The normalized spacial score (nSPS) is 10.9.